The Labute approximate surface area is 159 Å². The number of nitrogens with one attached hydrogen (secondary N) is 1. The number of hydrogen-bond donors (Lipinski definition) is 2. The molecule has 0 aliphatic carbocycles. The molecule has 1 aromatic heterocycles. The van der Waals surface area contributed by atoms with E-state index < -0.39 is 10.9 Å². The minimum atomic E-state index is -0.510. The van der Waals surface area contributed by atoms with Gasteiger partial charge < -0.3 is 15.8 Å². The quantitative estimate of drug-likeness (QED) is 0.374. The van der Waals surface area contributed by atoms with E-state index >= 15 is 0 Å². The maximum atomic E-state index is 12.1. The third-order valence-corrected chi connectivity index (χ3v) is 3.65. The zero-order valence-electron chi connectivity index (χ0n) is 14.8. The van der Waals surface area contributed by atoms with Crippen molar-refractivity contribution in [2.45, 2.75) is 13.5 Å². The third kappa shape index (κ3) is 4.75. The lowest BCUT2D eigenvalue weighted by Gasteiger charge is -2.08. The average Bonchev–Trinajstić information content (AvgIpc) is 2.66. The summed E-state index contributed by atoms with van der Waals surface area (Å²) in [5.74, 6) is -0.273. The van der Waals surface area contributed by atoms with E-state index in [-0.39, 0.29) is 30.0 Å². The van der Waals surface area contributed by atoms with Crippen LogP contribution in [0.4, 0.5) is 23.3 Å². The summed E-state index contributed by atoms with van der Waals surface area (Å²) in [6, 6.07) is 12.7. The smallest absolute Gasteiger partial charge is 0.338 e. The number of ether oxygens (including phenoxy) is 1. The molecule has 0 spiro atoms. The highest BCUT2D eigenvalue weighted by Crippen LogP contribution is 2.18. The van der Waals surface area contributed by atoms with Crippen LogP contribution in [0.1, 0.15) is 21.7 Å². The molecule has 28 heavy (non-hydrogen) atoms. The first-order valence-corrected chi connectivity index (χ1v) is 8.16. The van der Waals surface area contributed by atoms with Gasteiger partial charge in [0.2, 0.25) is 11.9 Å². The molecular formula is C18H16N6O4. The highest BCUT2D eigenvalue weighted by molar-refractivity contribution is 5.89. The largest absolute Gasteiger partial charge is 0.454 e. The fraction of sp³-hybridized carbons (Fsp3) is 0.111. The number of nitro benzene ring substituents is 1. The Morgan fingerprint density at radius 2 is 1.79 bits per heavy atom. The number of aromatic nitrogens is 3. The molecule has 0 atom stereocenters. The molecule has 3 aromatic rings. The Morgan fingerprint density at radius 1 is 1.11 bits per heavy atom. The second kappa shape index (κ2) is 8.08. The molecule has 0 saturated heterocycles. The summed E-state index contributed by atoms with van der Waals surface area (Å²) in [6.45, 7) is 1.73. The number of anilines is 3. The monoisotopic (exact) mass is 380 g/mol. The van der Waals surface area contributed by atoms with E-state index in [2.05, 4.69) is 20.3 Å². The lowest BCUT2D eigenvalue weighted by Crippen LogP contribution is -2.11. The zero-order chi connectivity index (χ0) is 20.1. The summed E-state index contributed by atoms with van der Waals surface area (Å²) in [4.78, 5) is 34.3. The van der Waals surface area contributed by atoms with E-state index in [0.29, 0.717) is 11.3 Å². The number of nitrogens with two attached hydrogens (primary N) is 1. The molecule has 0 bridgehead atoms. The minimum absolute atomic E-state index is 0.0376. The van der Waals surface area contributed by atoms with Crippen molar-refractivity contribution in [1.29, 1.82) is 0 Å². The molecule has 3 N–H and O–H groups in total. The molecule has 0 amide bonds. The number of non-ortho nitro benzene ring substituents is 1. The average molecular weight is 380 g/mol. The van der Waals surface area contributed by atoms with E-state index in [0.717, 1.165) is 5.56 Å². The van der Waals surface area contributed by atoms with Crippen molar-refractivity contribution in [2.75, 3.05) is 11.1 Å². The van der Waals surface area contributed by atoms with Crippen LogP contribution in [-0.4, -0.2) is 25.8 Å². The van der Waals surface area contributed by atoms with E-state index in [1.807, 2.05) is 19.1 Å². The number of benzene rings is 2. The Morgan fingerprint density at radius 3 is 2.43 bits per heavy atom. The van der Waals surface area contributed by atoms with Gasteiger partial charge in [-0.3, -0.25) is 10.1 Å². The van der Waals surface area contributed by atoms with Gasteiger partial charge >= 0.3 is 5.97 Å². The van der Waals surface area contributed by atoms with Crippen molar-refractivity contribution in [2.24, 2.45) is 0 Å². The maximum Gasteiger partial charge on any atom is 0.338 e. The molecule has 0 aliphatic heterocycles. The number of aryl methyl sites for hydroxylation is 1. The van der Waals surface area contributed by atoms with Crippen LogP contribution in [0.5, 0.6) is 0 Å². The summed E-state index contributed by atoms with van der Waals surface area (Å²) in [6.07, 6.45) is 0. The van der Waals surface area contributed by atoms with Gasteiger partial charge in [0, 0.05) is 17.8 Å². The second-order valence-corrected chi connectivity index (χ2v) is 5.80. The highest BCUT2D eigenvalue weighted by Gasteiger charge is 2.11. The third-order valence-electron chi connectivity index (χ3n) is 3.65. The van der Waals surface area contributed by atoms with Crippen LogP contribution in [0.3, 0.4) is 0 Å². The number of nitrogen functional groups attached to an aromatic ring is 1. The van der Waals surface area contributed by atoms with Crippen LogP contribution < -0.4 is 11.1 Å². The summed E-state index contributed by atoms with van der Waals surface area (Å²) < 4.78 is 5.21. The van der Waals surface area contributed by atoms with Gasteiger partial charge in [-0.1, -0.05) is 17.7 Å². The standard InChI is InChI=1S/C18H16N6O4/c1-11-2-4-12(5-3-11)16(25)28-10-15-21-17(19)23-18(22-15)20-13-6-8-14(9-7-13)24(26)27/h2-9H,10H2,1H3,(H3,19,20,21,22,23). The van der Waals surface area contributed by atoms with Gasteiger partial charge in [0.05, 0.1) is 10.5 Å². The first kappa shape index (κ1) is 18.7. The first-order valence-electron chi connectivity index (χ1n) is 8.16. The molecule has 0 saturated carbocycles. The molecule has 142 valence electrons. The zero-order valence-corrected chi connectivity index (χ0v) is 14.8. The second-order valence-electron chi connectivity index (χ2n) is 5.80. The number of nitro groups is 1. The molecule has 1 heterocycles. The number of rotatable bonds is 6. The SMILES string of the molecule is Cc1ccc(C(=O)OCc2nc(N)nc(Nc3ccc([N+](=O)[O-])cc3)n2)cc1. The van der Waals surface area contributed by atoms with Crippen molar-refractivity contribution in [1.82, 2.24) is 15.0 Å². The van der Waals surface area contributed by atoms with Gasteiger partial charge in [0.15, 0.2) is 12.4 Å². The molecule has 0 fully saturated rings. The van der Waals surface area contributed by atoms with Crippen LogP contribution in [0, 0.1) is 17.0 Å². The predicted octanol–water partition coefficient (Wildman–Crippen LogP) is 2.77. The van der Waals surface area contributed by atoms with Crippen LogP contribution >= 0.6 is 0 Å². The molecule has 0 unspecified atom stereocenters. The highest BCUT2D eigenvalue weighted by atomic mass is 16.6. The molecule has 10 heteroatoms. The Balaban J connectivity index is 1.68. The number of carbonyl (C=O) groups is 1. The molecule has 10 nitrogen and oxygen atoms in total. The van der Waals surface area contributed by atoms with Gasteiger partial charge in [-0.15, -0.1) is 0 Å². The Kier molecular flexibility index (Phi) is 5.40. The number of hydrogen-bond acceptors (Lipinski definition) is 9. The van der Waals surface area contributed by atoms with Crippen LogP contribution in [-0.2, 0) is 11.3 Å². The van der Waals surface area contributed by atoms with Gasteiger partial charge in [0.1, 0.15) is 0 Å². The first-order chi connectivity index (χ1) is 13.4. The van der Waals surface area contributed by atoms with Gasteiger partial charge in [-0.05, 0) is 31.2 Å². The van der Waals surface area contributed by atoms with Gasteiger partial charge in [0.25, 0.3) is 5.69 Å². The fourth-order valence-corrected chi connectivity index (χ4v) is 2.26. The van der Waals surface area contributed by atoms with Crippen molar-refractivity contribution < 1.29 is 14.5 Å². The molecular weight excluding hydrogens is 364 g/mol. The van der Waals surface area contributed by atoms with E-state index in [1.165, 1.54) is 24.3 Å². The van der Waals surface area contributed by atoms with Crippen molar-refractivity contribution in [3.8, 4) is 0 Å². The molecule has 0 radical (unpaired) electrons. The fourth-order valence-electron chi connectivity index (χ4n) is 2.26. The molecule has 3 rings (SSSR count). The number of nitrogens with zero attached hydrogens (tertiary/aromatic N) is 4. The molecule has 0 aliphatic rings. The summed E-state index contributed by atoms with van der Waals surface area (Å²) in [7, 11) is 0. The van der Waals surface area contributed by atoms with Crippen molar-refractivity contribution in [3.63, 3.8) is 0 Å². The summed E-state index contributed by atoms with van der Waals surface area (Å²) in [5.41, 5.74) is 7.61. The van der Waals surface area contributed by atoms with E-state index in [4.69, 9.17) is 10.5 Å². The lowest BCUT2D eigenvalue weighted by atomic mass is 10.1. The molecule has 2 aromatic carbocycles. The predicted molar refractivity (Wildman–Crippen MR) is 101 cm³/mol. The number of esters is 1. The topological polar surface area (TPSA) is 146 Å². The van der Waals surface area contributed by atoms with Gasteiger partial charge in [-0.2, -0.15) is 15.0 Å². The van der Waals surface area contributed by atoms with Crippen molar-refractivity contribution >= 4 is 29.2 Å². The Hall–Kier alpha value is -4.08. The normalized spacial score (nSPS) is 10.3. The van der Waals surface area contributed by atoms with Crippen LogP contribution in [0.15, 0.2) is 48.5 Å². The minimum Gasteiger partial charge on any atom is -0.454 e. The lowest BCUT2D eigenvalue weighted by molar-refractivity contribution is -0.384. The maximum absolute atomic E-state index is 12.1. The summed E-state index contributed by atoms with van der Waals surface area (Å²) >= 11 is 0. The summed E-state index contributed by atoms with van der Waals surface area (Å²) in [5, 5.41) is 13.6. The van der Waals surface area contributed by atoms with Crippen LogP contribution in [0.25, 0.3) is 0 Å². The number of carbonyl (C=O) groups excluding carboxylic acids is 1. The van der Waals surface area contributed by atoms with Crippen molar-refractivity contribution in [3.05, 3.63) is 75.6 Å². The van der Waals surface area contributed by atoms with E-state index in [1.54, 1.807) is 12.1 Å². The Bertz CT molecular complexity index is 1010. The van der Waals surface area contributed by atoms with E-state index in [9.17, 15) is 14.9 Å². The van der Waals surface area contributed by atoms with Gasteiger partial charge in [-0.25, -0.2) is 4.79 Å². The van der Waals surface area contributed by atoms with Crippen LogP contribution in [0.2, 0.25) is 0 Å².